The zero-order valence-corrected chi connectivity index (χ0v) is 20.5. The Bertz CT molecular complexity index is 1350. The summed E-state index contributed by atoms with van der Waals surface area (Å²) in [5.41, 5.74) is 3.40. The number of sulfonamides is 1. The first-order chi connectivity index (χ1) is 15.5. The van der Waals surface area contributed by atoms with E-state index in [1.807, 2.05) is 25.1 Å². The predicted octanol–water partition coefficient (Wildman–Crippen LogP) is 3.46. The molecule has 0 aliphatic carbocycles. The van der Waals surface area contributed by atoms with Gasteiger partial charge >= 0.3 is 0 Å². The van der Waals surface area contributed by atoms with Gasteiger partial charge in [-0.3, -0.25) is 9.59 Å². The van der Waals surface area contributed by atoms with Crippen molar-refractivity contribution in [3.05, 3.63) is 47.5 Å². The van der Waals surface area contributed by atoms with Crippen LogP contribution in [0.3, 0.4) is 0 Å². The summed E-state index contributed by atoms with van der Waals surface area (Å²) in [6.07, 6.45) is 0.587. The highest BCUT2D eigenvalue weighted by Crippen LogP contribution is 2.31. The van der Waals surface area contributed by atoms with Crippen molar-refractivity contribution >= 4 is 54.2 Å². The monoisotopic (exact) mass is 486 g/mol. The van der Waals surface area contributed by atoms with E-state index in [0.29, 0.717) is 18.1 Å². The Morgan fingerprint density at radius 1 is 1.15 bits per heavy atom. The molecule has 2 aromatic carbocycles. The van der Waals surface area contributed by atoms with E-state index in [0.717, 1.165) is 27.0 Å². The molecule has 10 heteroatoms. The maximum Gasteiger partial charge on any atom is 0.244 e. The average molecular weight is 487 g/mol. The molecule has 2 heterocycles. The third kappa shape index (κ3) is 4.78. The van der Waals surface area contributed by atoms with Crippen molar-refractivity contribution in [2.75, 3.05) is 16.8 Å². The van der Waals surface area contributed by atoms with E-state index in [-0.39, 0.29) is 16.7 Å². The van der Waals surface area contributed by atoms with Crippen LogP contribution in [0.4, 0.5) is 10.8 Å². The van der Waals surface area contributed by atoms with Crippen LogP contribution in [0.1, 0.15) is 31.9 Å². The summed E-state index contributed by atoms with van der Waals surface area (Å²) in [5.74, 6) is -0.837. The standard InChI is InChI=1S/C23H26N4O4S2/c1-13(2)21(22(29)25-23-24-18-7-5-14(3)11-20(18)32-23)26-33(30,31)17-6-8-19-16(12-17)9-10-27(19)15(4)28/h5-8,11-13,21,26H,9-10H2,1-4H3,(H,24,25,29). The zero-order chi connectivity index (χ0) is 23.9. The molecule has 2 N–H and O–H groups in total. The molecule has 3 aromatic rings. The lowest BCUT2D eigenvalue weighted by Gasteiger charge is -2.21. The van der Waals surface area contributed by atoms with Crippen molar-refractivity contribution in [2.24, 2.45) is 5.92 Å². The number of carbonyl (C=O) groups is 2. The van der Waals surface area contributed by atoms with E-state index < -0.39 is 22.0 Å². The summed E-state index contributed by atoms with van der Waals surface area (Å²) in [6.45, 7) is 7.56. The van der Waals surface area contributed by atoms with E-state index in [4.69, 9.17) is 0 Å². The van der Waals surface area contributed by atoms with Crippen LogP contribution in [0.15, 0.2) is 41.3 Å². The van der Waals surface area contributed by atoms with Gasteiger partial charge in [-0.05, 0) is 60.7 Å². The molecule has 0 saturated heterocycles. The molecule has 1 unspecified atom stereocenters. The number of carbonyl (C=O) groups excluding carboxylic acids is 2. The summed E-state index contributed by atoms with van der Waals surface area (Å²) in [5, 5.41) is 3.19. The first-order valence-corrected chi connectivity index (χ1v) is 13.0. The molecule has 0 fully saturated rings. The highest BCUT2D eigenvalue weighted by molar-refractivity contribution is 7.89. The van der Waals surface area contributed by atoms with Gasteiger partial charge in [0, 0.05) is 19.2 Å². The fourth-order valence-electron chi connectivity index (χ4n) is 3.87. The molecule has 0 spiro atoms. The SMILES string of the molecule is CC(=O)N1CCc2cc(S(=O)(=O)NC(C(=O)Nc3nc4ccc(C)cc4s3)C(C)C)ccc21. The second-order valence-corrected chi connectivity index (χ2v) is 11.3. The van der Waals surface area contributed by atoms with Crippen LogP contribution in [-0.2, 0) is 26.0 Å². The van der Waals surface area contributed by atoms with Gasteiger partial charge in [-0.25, -0.2) is 13.4 Å². The number of nitrogens with one attached hydrogen (secondary N) is 2. The lowest BCUT2D eigenvalue weighted by molar-refractivity contribution is -0.118. The first-order valence-electron chi connectivity index (χ1n) is 10.7. The number of aromatic nitrogens is 1. The summed E-state index contributed by atoms with van der Waals surface area (Å²) < 4.78 is 29.7. The van der Waals surface area contributed by atoms with Gasteiger partial charge in [0.05, 0.1) is 15.1 Å². The molecular weight excluding hydrogens is 460 g/mol. The number of hydrogen-bond acceptors (Lipinski definition) is 6. The third-order valence-electron chi connectivity index (χ3n) is 5.64. The number of aryl methyl sites for hydroxylation is 1. The van der Waals surface area contributed by atoms with Crippen molar-refractivity contribution in [3.63, 3.8) is 0 Å². The summed E-state index contributed by atoms with van der Waals surface area (Å²) in [6, 6.07) is 9.54. The Morgan fingerprint density at radius 3 is 2.61 bits per heavy atom. The Labute approximate surface area is 197 Å². The molecule has 1 aliphatic rings. The average Bonchev–Trinajstić information content (AvgIpc) is 3.34. The van der Waals surface area contributed by atoms with E-state index in [9.17, 15) is 18.0 Å². The molecule has 8 nitrogen and oxygen atoms in total. The molecule has 0 radical (unpaired) electrons. The zero-order valence-electron chi connectivity index (χ0n) is 18.9. The number of benzene rings is 2. The summed E-state index contributed by atoms with van der Waals surface area (Å²) >= 11 is 1.35. The highest BCUT2D eigenvalue weighted by Gasteiger charge is 2.30. The van der Waals surface area contributed by atoms with Gasteiger partial charge in [0.15, 0.2) is 5.13 Å². The van der Waals surface area contributed by atoms with Crippen LogP contribution in [0.5, 0.6) is 0 Å². The minimum absolute atomic E-state index is 0.0700. The number of rotatable bonds is 6. The molecule has 174 valence electrons. The lowest BCUT2D eigenvalue weighted by atomic mass is 10.1. The Kier molecular flexibility index (Phi) is 6.26. The van der Waals surface area contributed by atoms with Gasteiger partial charge in [-0.2, -0.15) is 4.72 Å². The van der Waals surface area contributed by atoms with E-state index in [1.165, 1.54) is 24.3 Å². The highest BCUT2D eigenvalue weighted by atomic mass is 32.2. The number of nitrogens with zero attached hydrogens (tertiary/aromatic N) is 2. The van der Waals surface area contributed by atoms with Crippen LogP contribution in [-0.4, -0.2) is 37.8 Å². The van der Waals surface area contributed by atoms with E-state index >= 15 is 0 Å². The molecule has 0 saturated carbocycles. The maximum atomic E-state index is 13.1. The van der Waals surface area contributed by atoms with Crippen LogP contribution in [0.25, 0.3) is 10.2 Å². The van der Waals surface area contributed by atoms with Crippen molar-refractivity contribution in [3.8, 4) is 0 Å². The second-order valence-electron chi connectivity index (χ2n) is 8.53. The molecule has 1 aromatic heterocycles. The van der Waals surface area contributed by atoms with Crippen molar-refractivity contribution < 1.29 is 18.0 Å². The van der Waals surface area contributed by atoms with E-state index in [1.54, 1.807) is 30.9 Å². The van der Waals surface area contributed by atoms with Gasteiger partial charge in [-0.1, -0.05) is 31.3 Å². The summed E-state index contributed by atoms with van der Waals surface area (Å²) in [7, 11) is -3.96. The van der Waals surface area contributed by atoms with Crippen LogP contribution < -0.4 is 14.9 Å². The van der Waals surface area contributed by atoms with Crippen molar-refractivity contribution in [1.29, 1.82) is 0 Å². The fourth-order valence-corrected chi connectivity index (χ4v) is 6.23. The molecule has 33 heavy (non-hydrogen) atoms. The molecule has 4 rings (SSSR count). The number of amides is 2. The number of fused-ring (bicyclic) bond motifs is 2. The minimum atomic E-state index is -3.96. The summed E-state index contributed by atoms with van der Waals surface area (Å²) in [4.78, 5) is 30.9. The maximum absolute atomic E-state index is 13.1. The smallest absolute Gasteiger partial charge is 0.244 e. The molecule has 1 atom stereocenters. The lowest BCUT2D eigenvalue weighted by Crippen LogP contribution is -2.47. The van der Waals surface area contributed by atoms with E-state index in [2.05, 4.69) is 15.0 Å². The normalized spacial score (nSPS) is 14.5. The second kappa shape index (κ2) is 8.85. The largest absolute Gasteiger partial charge is 0.312 e. The van der Waals surface area contributed by atoms with Crippen molar-refractivity contribution in [1.82, 2.24) is 9.71 Å². The molecule has 1 aliphatic heterocycles. The topological polar surface area (TPSA) is 108 Å². The molecular formula is C23H26N4O4S2. The Balaban J connectivity index is 1.54. The fraction of sp³-hybridized carbons (Fsp3) is 0.348. The Morgan fingerprint density at radius 2 is 1.91 bits per heavy atom. The van der Waals surface area contributed by atoms with Gasteiger partial charge in [0.2, 0.25) is 21.8 Å². The van der Waals surface area contributed by atoms with Gasteiger partial charge in [0.1, 0.15) is 6.04 Å². The molecule has 0 bridgehead atoms. The number of anilines is 2. The Hall–Kier alpha value is -2.82. The third-order valence-corrected chi connectivity index (χ3v) is 8.01. The van der Waals surface area contributed by atoms with Gasteiger partial charge in [-0.15, -0.1) is 0 Å². The quantitative estimate of drug-likeness (QED) is 0.555. The van der Waals surface area contributed by atoms with Crippen LogP contribution in [0.2, 0.25) is 0 Å². The minimum Gasteiger partial charge on any atom is -0.312 e. The first kappa shape index (κ1) is 23.3. The predicted molar refractivity (Wildman–Crippen MR) is 130 cm³/mol. The van der Waals surface area contributed by atoms with Crippen LogP contribution in [0, 0.1) is 12.8 Å². The van der Waals surface area contributed by atoms with Crippen LogP contribution >= 0.6 is 11.3 Å². The van der Waals surface area contributed by atoms with Gasteiger partial charge in [0.25, 0.3) is 0 Å². The van der Waals surface area contributed by atoms with Gasteiger partial charge < -0.3 is 10.2 Å². The van der Waals surface area contributed by atoms with Crippen molar-refractivity contribution in [2.45, 2.75) is 45.1 Å². The number of hydrogen-bond donors (Lipinski definition) is 2. The number of thiazole rings is 1. The molecule has 2 amide bonds.